The van der Waals surface area contributed by atoms with Gasteiger partial charge in [0, 0.05) is 17.7 Å². The van der Waals surface area contributed by atoms with Gasteiger partial charge in [-0.3, -0.25) is 0 Å². The van der Waals surface area contributed by atoms with E-state index < -0.39 is 0 Å². The number of nitrogens with two attached hydrogens (primary N) is 1. The molecule has 2 N–H and O–H groups in total. The molecule has 0 amide bonds. The van der Waals surface area contributed by atoms with E-state index in [-0.39, 0.29) is 5.41 Å². The van der Waals surface area contributed by atoms with E-state index >= 15 is 0 Å². The Hall–Kier alpha value is -1.51. The second kappa shape index (κ2) is 6.08. The number of ether oxygens (including phenoxy) is 1. The Kier molecular flexibility index (Phi) is 4.60. The third-order valence-electron chi connectivity index (χ3n) is 3.43. The molecule has 0 saturated heterocycles. The first-order valence-corrected chi connectivity index (χ1v) is 7.47. The summed E-state index contributed by atoms with van der Waals surface area (Å²) in [5.41, 5.74) is 8.99. The van der Waals surface area contributed by atoms with Crippen LogP contribution >= 0.6 is 11.6 Å². The first kappa shape index (κ1) is 15.9. The summed E-state index contributed by atoms with van der Waals surface area (Å²) in [4.78, 5) is 0. The van der Waals surface area contributed by atoms with E-state index in [1.54, 1.807) is 0 Å². The van der Waals surface area contributed by atoms with Crippen LogP contribution in [0.5, 0.6) is 11.5 Å². The third-order valence-corrected chi connectivity index (χ3v) is 3.72. The Morgan fingerprint density at radius 1 is 1.14 bits per heavy atom. The number of benzene rings is 2. The summed E-state index contributed by atoms with van der Waals surface area (Å²) in [6, 6.07) is 11.9. The quantitative estimate of drug-likeness (QED) is 0.846. The van der Waals surface area contributed by atoms with Crippen LogP contribution in [0.3, 0.4) is 0 Å². The van der Waals surface area contributed by atoms with Crippen molar-refractivity contribution < 1.29 is 4.74 Å². The van der Waals surface area contributed by atoms with Crippen molar-refractivity contribution in [1.82, 2.24) is 0 Å². The number of hydrogen-bond acceptors (Lipinski definition) is 2. The highest BCUT2D eigenvalue weighted by Gasteiger charge is 2.20. The molecule has 0 fully saturated rings. The molecule has 112 valence electrons. The Morgan fingerprint density at radius 2 is 1.86 bits per heavy atom. The molecule has 0 unspecified atom stereocenters. The Bertz CT molecular complexity index is 644. The van der Waals surface area contributed by atoms with Crippen molar-refractivity contribution in [3.8, 4) is 11.5 Å². The number of hydrogen-bond donors (Lipinski definition) is 1. The lowest BCUT2D eigenvalue weighted by molar-refractivity contribution is 0.450. The lowest BCUT2D eigenvalue weighted by atomic mass is 9.86. The largest absolute Gasteiger partial charge is 0.455 e. The van der Waals surface area contributed by atoms with E-state index in [1.165, 1.54) is 0 Å². The number of aryl methyl sites for hydroxylation is 1. The normalized spacial score (nSPS) is 11.5. The second-order valence-corrected chi connectivity index (χ2v) is 6.69. The van der Waals surface area contributed by atoms with E-state index in [0.717, 1.165) is 22.4 Å². The predicted octanol–water partition coefficient (Wildman–Crippen LogP) is 5.20. The molecule has 2 rings (SSSR count). The van der Waals surface area contributed by atoms with E-state index in [4.69, 9.17) is 22.1 Å². The third kappa shape index (κ3) is 3.58. The van der Waals surface area contributed by atoms with Crippen LogP contribution in [0.2, 0.25) is 5.02 Å². The van der Waals surface area contributed by atoms with E-state index in [2.05, 4.69) is 39.8 Å². The number of para-hydroxylation sites is 1. The van der Waals surface area contributed by atoms with Gasteiger partial charge >= 0.3 is 0 Å². The molecular formula is C18H22ClNO. The highest BCUT2D eigenvalue weighted by atomic mass is 35.5. The molecule has 2 aromatic carbocycles. The number of halogens is 1. The summed E-state index contributed by atoms with van der Waals surface area (Å²) in [7, 11) is 0. The molecule has 0 aliphatic heterocycles. The smallest absolute Gasteiger partial charge is 0.150 e. The molecule has 21 heavy (non-hydrogen) atoms. The molecule has 2 aromatic rings. The van der Waals surface area contributed by atoms with Crippen LogP contribution in [0, 0.1) is 6.92 Å². The molecular weight excluding hydrogens is 282 g/mol. The molecule has 2 nitrogen and oxygen atoms in total. The van der Waals surface area contributed by atoms with Crippen molar-refractivity contribution in [3.63, 3.8) is 0 Å². The average Bonchev–Trinajstić information content (AvgIpc) is 2.39. The lowest BCUT2D eigenvalue weighted by Gasteiger charge is -2.24. The maximum atomic E-state index is 6.28. The second-order valence-electron chi connectivity index (χ2n) is 6.28. The first-order chi connectivity index (χ1) is 9.82. The fourth-order valence-corrected chi connectivity index (χ4v) is 2.50. The average molecular weight is 304 g/mol. The Balaban J connectivity index is 2.52. The topological polar surface area (TPSA) is 35.2 Å². The van der Waals surface area contributed by atoms with Crippen molar-refractivity contribution in [1.29, 1.82) is 0 Å². The first-order valence-electron chi connectivity index (χ1n) is 7.09. The highest BCUT2D eigenvalue weighted by molar-refractivity contribution is 6.32. The molecule has 0 aliphatic carbocycles. The van der Waals surface area contributed by atoms with Crippen molar-refractivity contribution in [2.75, 3.05) is 0 Å². The molecule has 0 saturated carbocycles. The minimum Gasteiger partial charge on any atom is -0.455 e. The molecule has 0 radical (unpaired) electrons. The summed E-state index contributed by atoms with van der Waals surface area (Å²) in [5.74, 6) is 1.49. The van der Waals surface area contributed by atoms with Crippen LogP contribution < -0.4 is 10.5 Å². The highest BCUT2D eigenvalue weighted by Crippen LogP contribution is 2.38. The van der Waals surface area contributed by atoms with Gasteiger partial charge in [-0.15, -0.1) is 0 Å². The van der Waals surface area contributed by atoms with Gasteiger partial charge < -0.3 is 10.5 Å². The SMILES string of the molecule is Cc1ccc(C(C)(C)C)c(Oc2c(Cl)cccc2CN)c1. The van der Waals surface area contributed by atoms with Crippen LogP contribution in [-0.2, 0) is 12.0 Å². The van der Waals surface area contributed by atoms with E-state index in [1.807, 2.05) is 24.3 Å². The Morgan fingerprint density at radius 3 is 2.48 bits per heavy atom. The fraction of sp³-hybridized carbons (Fsp3) is 0.333. The molecule has 0 atom stereocenters. The summed E-state index contributed by atoms with van der Waals surface area (Å²) < 4.78 is 6.16. The van der Waals surface area contributed by atoms with Gasteiger partial charge in [-0.2, -0.15) is 0 Å². The summed E-state index contributed by atoms with van der Waals surface area (Å²) in [5, 5.41) is 0.583. The van der Waals surface area contributed by atoms with Crippen molar-refractivity contribution >= 4 is 11.6 Å². The van der Waals surface area contributed by atoms with Gasteiger partial charge in [0.2, 0.25) is 0 Å². The number of rotatable bonds is 3. The van der Waals surface area contributed by atoms with Crippen LogP contribution in [0.15, 0.2) is 36.4 Å². The summed E-state index contributed by atoms with van der Waals surface area (Å²) >= 11 is 6.28. The maximum absolute atomic E-state index is 6.28. The zero-order chi connectivity index (χ0) is 15.6. The van der Waals surface area contributed by atoms with E-state index in [0.29, 0.717) is 17.3 Å². The van der Waals surface area contributed by atoms with Crippen molar-refractivity contribution in [2.45, 2.75) is 39.7 Å². The summed E-state index contributed by atoms with van der Waals surface area (Å²) in [6.45, 7) is 8.95. The summed E-state index contributed by atoms with van der Waals surface area (Å²) in [6.07, 6.45) is 0. The van der Waals surface area contributed by atoms with Crippen LogP contribution in [-0.4, -0.2) is 0 Å². The van der Waals surface area contributed by atoms with Gasteiger partial charge in [0.1, 0.15) is 11.5 Å². The lowest BCUT2D eigenvalue weighted by Crippen LogP contribution is -2.13. The molecule has 0 aliphatic rings. The molecule has 0 aromatic heterocycles. The van der Waals surface area contributed by atoms with Gasteiger partial charge in [0.15, 0.2) is 0 Å². The molecule has 3 heteroatoms. The zero-order valence-corrected chi connectivity index (χ0v) is 13.8. The van der Waals surface area contributed by atoms with E-state index in [9.17, 15) is 0 Å². The van der Waals surface area contributed by atoms with Crippen LogP contribution in [0.25, 0.3) is 0 Å². The van der Waals surface area contributed by atoms with Gasteiger partial charge in [0.05, 0.1) is 5.02 Å². The molecule has 0 bridgehead atoms. The van der Waals surface area contributed by atoms with Crippen LogP contribution in [0.4, 0.5) is 0 Å². The molecule has 0 spiro atoms. The Labute approximate surface area is 131 Å². The molecule has 0 heterocycles. The minimum absolute atomic E-state index is 0.00678. The van der Waals surface area contributed by atoms with Crippen LogP contribution in [0.1, 0.15) is 37.5 Å². The standard InChI is InChI=1S/C18H22ClNO/c1-12-8-9-14(18(2,3)4)16(10-12)21-17-13(11-20)6-5-7-15(17)19/h5-10H,11,20H2,1-4H3. The van der Waals surface area contributed by atoms with Gasteiger partial charge in [0.25, 0.3) is 0 Å². The van der Waals surface area contributed by atoms with Gasteiger partial charge in [-0.1, -0.05) is 56.6 Å². The van der Waals surface area contributed by atoms with Crippen molar-refractivity contribution in [3.05, 3.63) is 58.1 Å². The maximum Gasteiger partial charge on any atom is 0.150 e. The fourth-order valence-electron chi connectivity index (χ4n) is 2.27. The zero-order valence-electron chi connectivity index (χ0n) is 13.0. The van der Waals surface area contributed by atoms with Gasteiger partial charge in [-0.05, 0) is 30.0 Å². The van der Waals surface area contributed by atoms with Crippen molar-refractivity contribution in [2.24, 2.45) is 5.73 Å². The minimum atomic E-state index is -0.00678. The van der Waals surface area contributed by atoms with Gasteiger partial charge in [-0.25, -0.2) is 0 Å². The predicted molar refractivity (Wildman–Crippen MR) is 89.3 cm³/mol. The monoisotopic (exact) mass is 303 g/mol.